The van der Waals surface area contributed by atoms with Crippen LogP contribution < -0.4 is 10.6 Å². The number of nitrogens with zero attached hydrogens (tertiary/aromatic N) is 6. The molecule has 4 heterocycles. The minimum Gasteiger partial charge on any atom is -0.367 e. The molecule has 0 radical (unpaired) electrons. The molecule has 1 saturated heterocycles. The molecule has 1 aromatic carbocycles. The Hall–Kier alpha value is -2.71. The zero-order valence-electron chi connectivity index (χ0n) is 16.3. The van der Waals surface area contributed by atoms with Gasteiger partial charge in [-0.1, -0.05) is 12.1 Å². The highest BCUT2D eigenvalue weighted by Crippen LogP contribution is 2.28. The molecular weight excluding hydrogens is 384 g/mol. The maximum Gasteiger partial charge on any atom is 0.350 e. The van der Waals surface area contributed by atoms with Crippen molar-refractivity contribution in [2.75, 3.05) is 37.6 Å². The van der Waals surface area contributed by atoms with Crippen LogP contribution in [0.1, 0.15) is 12.8 Å². The van der Waals surface area contributed by atoms with Crippen LogP contribution in [0.25, 0.3) is 15.9 Å². The van der Waals surface area contributed by atoms with E-state index in [4.69, 9.17) is 0 Å². The summed E-state index contributed by atoms with van der Waals surface area (Å²) in [6.07, 6.45) is 3.80. The number of piperazine rings is 1. The lowest BCUT2D eigenvalue weighted by atomic mass is 10.2. The van der Waals surface area contributed by atoms with E-state index in [2.05, 4.69) is 38.1 Å². The van der Waals surface area contributed by atoms with E-state index in [9.17, 15) is 4.79 Å². The molecule has 3 aromatic heterocycles. The monoisotopic (exact) mass is 408 g/mol. The Morgan fingerprint density at radius 2 is 1.83 bits per heavy atom. The van der Waals surface area contributed by atoms with Crippen LogP contribution in [0.2, 0.25) is 0 Å². The number of anilines is 1. The molecule has 0 spiro atoms. The number of rotatable bonds is 6. The fourth-order valence-electron chi connectivity index (χ4n) is 4.05. The summed E-state index contributed by atoms with van der Waals surface area (Å²) in [4.78, 5) is 21.8. The Morgan fingerprint density at radius 3 is 2.69 bits per heavy atom. The standard InChI is InChI=1S/C21H24N6OS/c28-21-26-10-2-1-8-19(26)23-27(21)11-4-3-9-24-12-14-25(15-13-24)17-6-5-7-18-20(17)22-16-29-18/h1-2,5-8,10,16H,3-4,9,11-15H2. The van der Waals surface area contributed by atoms with Crippen molar-refractivity contribution in [3.63, 3.8) is 0 Å². The lowest BCUT2D eigenvalue weighted by Crippen LogP contribution is -2.46. The molecule has 0 amide bonds. The first kappa shape index (κ1) is 18.3. The van der Waals surface area contributed by atoms with Crippen molar-refractivity contribution in [1.29, 1.82) is 0 Å². The summed E-state index contributed by atoms with van der Waals surface area (Å²) in [5.74, 6) is 0. The highest BCUT2D eigenvalue weighted by molar-refractivity contribution is 7.16. The molecule has 0 N–H and O–H groups in total. The molecule has 4 aromatic rings. The average Bonchev–Trinajstić information content (AvgIpc) is 3.37. The van der Waals surface area contributed by atoms with Crippen molar-refractivity contribution in [1.82, 2.24) is 24.1 Å². The third-order valence-electron chi connectivity index (χ3n) is 5.63. The zero-order valence-corrected chi connectivity index (χ0v) is 17.1. The van der Waals surface area contributed by atoms with Crippen LogP contribution in [-0.4, -0.2) is 56.8 Å². The van der Waals surface area contributed by atoms with E-state index in [0.717, 1.165) is 51.1 Å². The molecule has 0 aliphatic carbocycles. The predicted molar refractivity (Wildman–Crippen MR) is 117 cm³/mol. The summed E-state index contributed by atoms with van der Waals surface area (Å²) >= 11 is 1.70. The van der Waals surface area contributed by atoms with Crippen molar-refractivity contribution in [2.45, 2.75) is 19.4 Å². The Kier molecular flexibility index (Phi) is 5.03. The van der Waals surface area contributed by atoms with Gasteiger partial charge < -0.3 is 4.90 Å². The summed E-state index contributed by atoms with van der Waals surface area (Å²) in [6, 6.07) is 12.1. The van der Waals surface area contributed by atoms with Gasteiger partial charge in [0, 0.05) is 38.9 Å². The van der Waals surface area contributed by atoms with Gasteiger partial charge in [0.05, 0.1) is 15.9 Å². The SMILES string of the molecule is O=c1n(CCCCN2CCN(c3cccc4scnc34)CC2)nc2ccccn12. The van der Waals surface area contributed by atoms with Gasteiger partial charge >= 0.3 is 5.69 Å². The number of hydrogen-bond acceptors (Lipinski definition) is 6. The normalized spacial score (nSPS) is 15.5. The number of benzene rings is 1. The van der Waals surface area contributed by atoms with Crippen molar-refractivity contribution in [3.05, 3.63) is 58.6 Å². The number of aryl methyl sites for hydroxylation is 1. The fourth-order valence-corrected chi connectivity index (χ4v) is 4.75. The molecule has 5 rings (SSSR count). The maximum absolute atomic E-state index is 12.3. The number of fused-ring (bicyclic) bond motifs is 2. The highest BCUT2D eigenvalue weighted by Gasteiger charge is 2.19. The largest absolute Gasteiger partial charge is 0.367 e. The van der Waals surface area contributed by atoms with Crippen molar-refractivity contribution in [2.24, 2.45) is 0 Å². The van der Waals surface area contributed by atoms with E-state index in [0.29, 0.717) is 12.2 Å². The quantitative estimate of drug-likeness (QED) is 0.459. The number of unbranched alkanes of at least 4 members (excludes halogenated alkanes) is 1. The van der Waals surface area contributed by atoms with Crippen molar-refractivity contribution < 1.29 is 0 Å². The summed E-state index contributed by atoms with van der Waals surface area (Å²) in [7, 11) is 0. The first-order valence-electron chi connectivity index (χ1n) is 10.1. The fraction of sp³-hybridized carbons (Fsp3) is 0.381. The van der Waals surface area contributed by atoms with E-state index in [1.165, 1.54) is 10.4 Å². The number of aromatic nitrogens is 4. The minimum absolute atomic E-state index is 0.0505. The zero-order chi connectivity index (χ0) is 19.6. The van der Waals surface area contributed by atoms with E-state index in [1.807, 2.05) is 23.7 Å². The van der Waals surface area contributed by atoms with Crippen LogP contribution >= 0.6 is 11.3 Å². The molecule has 1 aliphatic rings. The second-order valence-electron chi connectivity index (χ2n) is 7.45. The van der Waals surface area contributed by atoms with Crippen LogP contribution in [-0.2, 0) is 6.54 Å². The topological polar surface area (TPSA) is 58.7 Å². The van der Waals surface area contributed by atoms with Crippen molar-refractivity contribution in [3.8, 4) is 0 Å². The second-order valence-corrected chi connectivity index (χ2v) is 8.33. The number of hydrogen-bond donors (Lipinski definition) is 0. The molecule has 1 aliphatic heterocycles. The second kappa shape index (κ2) is 7.96. The highest BCUT2D eigenvalue weighted by atomic mass is 32.1. The molecule has 0 saturated carbocycles. The van der Waals surface area contributed by atoms with Gasteiger partial charge in [0.15, 0.2) is 5.65 Å². The third-order valence-corrected chi connectivity index (χ3v) is 6.43. The summed E-state index contributed by atoms with van der Waals surface area (Å²) < 4.78 is 4.44. The Bertz CT molecular complexity index is 1170. The molecule has 0 bridgehead atoms. The summed E-state index contributed by atoms with van der Waals surface area (Å²) in [6.45, 7) is 5.93. The van der Waals surface area contributed by atoms with Crippen LogP contribution in [0.4, 0.5) is 5.69 Å². The summed E-state index contributed by atoms with van der Waals surface area (Å²) in [5.41, 5.74) is 4.98. The molecule has 0 atom stereocenters. The molecule has 8 heteroatoms. The minimum atomic E-state index is -0.0505. The first-order valence-corrected chi connectivity index (χ1v) is 11.0. The average molecular weight is 409 g/mol. The van der Waals surface area contributed by atoms with E-state index < -0.39 is 0 Å². The number of para-hydroxylation sites is 1. The lowest BCUT2D eigenvalue weighted by molar-refractivity contribution is 0.251. The van der Waals surface area contributed by atoms with E-state index in [1.54, 1.807) is 26.6 Å². The smallest absolute Gasteiger partial charge is 0.350 e. The van der Waals surface area contributed by atoms with Gasteiger partial charge in [0.25, 0.3) is 0 Å². The molecule has 1 fully saturated rings. The lowest BCUT2D eigenvalue weighted by Gasteiger charge is -2.36. The maximum atomic E-state index is 12.3. The van der Waals surface area contributed by atoms with Gasteiger partial charge in [0.2, 0.25) is 0 Å². The van der Waals surface area contributed by atoms with Crippen LogP contribution in [0.3, 0.4) is 0 Å². The van der Waals surface area contributed by atoms with Gasteiger partial charge in [-0.3, -0.25) is 9.30 Å². The van der Waals surface area contributed by atoms with Crippen LogP contribution in [0, 0.1) is 0 Å². The Balaban J connectivity index is 1.11. The van der Waals surface area contributed by atoms with E-state index >= 15 is 0 Å². The Labute approximate surface area is 172 Å². The van der Waals surface area contributed by atoms with Gasteiger partial charge in [0.1, 0.15) is 5.52 Å². The van der Waals surface area contributed by atoms with Crippen LogP contribution in [0.15, 0.2) is 52.9 Å². The van der Waals surface area contributed by atoms with Crippen LogP contribution in [0.5, 0.6) is 0 Å². The number of pyridine rings is 1. The molecule has 0 unspecified atom stereocenters. The van der Waals surface area contributed by atoms with Gasteiger partial charge in [-0.15, -0.1) is 16.4 Å². The molecule has 29 heavy (non-hydrogen) atoms. The predicted octanol–water partition coefficient (Wildman–Crippen LogP) is 2.71. The molecular formula is C21H24N6OS. The third kappa shape index (κ3) is 3.65. The van der Waals surface area contributed by atoms with Crippen molar-refractivity contribution >= 4 is 32.9 Å². The van der Waals surface area contributed by atoms with Gasteiger partial charge in [-0.25, -0.2) is 14.5 Å². The Morgan fingerprint density at radius 1 is 0.966 bits per heavy atom. The van der Waals surface area contributed by atoms with E-state index in [-0.39, 0.29) is 5.69 Å². The summed E-state index contributed by atoms with van der Waals surface area (Å²) in [5, 5.41) is 4.40. The number of thiazole rings is 1. The molecule has 7 nitrogen and oxygen atoms in total. The molecule has 150 valence electrons. The van der Waals surface area contributed by atoms with Gasteiger partial charge in [-0.05, 0) is 43.7 Å². The first-order chi connectivity index (χ1) is 14.3. The van der Waals surface area contributed by atoms with Gasteiger partial charge in [-0.2, -0.15) is 0 Å².